The molecule has 1 aliphatic carbocycles. The molecule has 4 nitrogen and oxygen atoms in total. The van der Waals surface area contributed by atoms with Gasteiger partial charge in [-0.2, -0.15) is 0 Å². The number of carbonyl (C=O) groups is 2. The molecule has 0 bridgehead atoms. The summed E-state index contributed by atoms with van der Waals surface area (Å²) in [6.07, 6.45) is 1.04. The molecule has 5 heteroatoms. The summed E-state index contributed by atoms with van der Waals surface area (Å²) in [5, 5.41) is -0.272. The van der Waals surface area contributed by atoms with E-state index in [1.54, 1.807) is 0 Å². The average molecular weight is 353 g/mol. The van der Waals surface area contributed by atoms with Gasteiger partial charge in [0, 0.05) is 12.5 Å². The van der Waals surface area contributed by atoms with Crippen LogP contribution >= 0.6 is 12.6 Å². The minimum Gasteiger partial charge on any atom is -0.448 e. The Hall–Kier alpha value is -2.27. The fourth-order valence-electron chi connectivity index (χ4n) is 3.92. The monoisotopic (exact) mass is 353 g/mol. The molecular weight excluding hydrogens is 334 g/mol. The third kappa shape index (κ3) is 2.82. The lowest BCUT2D eigenvalue weighted by Crippen LogP contribution is -2.39. The fraction of sp³-hybridized carbons (Fsp3) is 0.300. The van der Waals surface area contributed by atoms with E-state index in [4.69, 9.17) is 4.74 Å². The summed E-state index contributed by atoms with van der Waals surface area (Å²) in [4.78, 5) is 25.5. The molecule has 0 N–H and O–H groups in total. The fourth-order valence-corrected chi connectivity index (χ4v) is 4.19. The van der Waals surface area contributed by atoms with Gasteiger partial charge >= 0.3 is 6.09 Å². The molecular formula is C20H19NO3S. The molecule has 25 heavy (non-hydrogen) atoms. The molecule has 1 aliphatic heterocycles. The van der Waals surface area contributed by atoms with E-state index in [-0.39, 0.29) is 17.6 Å². The lowest BCUT2D eigenvalue weighted by Gasteiger charge is -2.23. The van der Waals surface area contributed by atoms with Crippen molar-refractivity contribution in [1.82, 2.24) is 4.90 Å². The maximum Gasteiger partial charge on any atom is 0.410 e. The van der Waals surface area contributed by atoms with Gasteiger partial charge in [-0.25, -0.2) is 4.79 Å². The van der Waals surface area contributed by atoms with Crippen LogP contribution in [0.4, 0.5) is 4.79 Å². The molecule has 1 fully saturated rings. The van der Waals surface area contributed by atoms with Crippen LogP contribution in [-0.2, 0) is 9.53 Å². The van der Waals surface area contributed by atoms with Crippen LogP contribution in [0.1, 0.15) is 29.9 Å². The van der Waals surface area contributed by atoms with Crippen molar-refractivity contribution in [1.29, 1.82) is 0 Å². The number of likely N-dealkylation sites (tertiary alicyclic amines) is 1. The zero-order chi connectivity index (χ0) is 17.4. The van der Waals surface area contributed by atoms with Crippen molar-refractivity contribution in [2.75, 3.05) is 13.2 Å². The summed E-state index contributed by atoms with van der Waals surface area (Å²) in [7, 11) is 0. The minimum absolute atomic E-state index is 0.0316. The van der Waals surface area contributed by atoms with Gasteiger partial charge in [-0.3, -0.25) is 9.69 Å². The summed E-state index contributed by atoms with van der Waals surface area (Å²) in [5.74, 6) is 0.0316. The summed E-state index contributed by atoms with van der Waals surface area (Å²) >= 11 is 3.89. The second-order valence-electron chi connectivity index (χ2n) is 6.49. The van der Waals surface area contributed by atoms with Gasteiger partial charge in [-0.1, -0.05) is 48.5 Å². The Morgan fingerprint density at radius 1 is 1.04 bits per heavy atom. The van der Waals surface area contributed by atoms with Crippen molar-refractivity contribution < 1.29 is 14.3 Å². The van der Waals surface area contributed by atoms with E-state index in [2.05, 4.69) is 36.9 Å². The number of thiol groups is 1. The van der Waals surface area contributed by atoms with Gasteiger partial charge in [0.25, 0.3) is 0 Å². The number of benzene rings is 2. The maximum absolute atomic E-state index is 12.5. The highest BCUT2D eigenvalue weighted by Crippen LogP contribution is 2.44. The standard InChI is InChI=1S/C20H19NO3S/c22-19(25)18-10-5-11-21(18)20(23)24-12-17-15-8-3-1-6-13(15)14-7-2-4-9-16(14)17/h1-4,6-9,17-18H,5,10-12H2,(H,22,25)/t18-/m0/s1. The van der Waals surface area contributed by atoms with Gasteiger partial charge in [-0.15, -0.1) is 12.6 Å². The Morgan fingerprint density at radius 3 is 2.24 bits per heavy atom. The molecule has 0 aromatic heterocycles. The van der Waals surface area contributed by atoms with Crippen molar-refractivity contribution >= 4 is 23.8 Å². The van der Waals surface area contributed by atoms with Crippen LogP contribution in [0.25, 0.3) is 11.1 Å². The molecule has 0 radical (unpaired) electrons. The van der Waals surface area contributed by atoms with Gasteiger partial charge < -0.3 is 4.74 Å². The van der Waals surface area contributed by atoms with Crippen LogP contribution in [0.15, 0.2) is 48.5 Å². The largest absolute Gasteiger partial charge is 0.448 e. The average Bonchev–Trinajstić information content (AvgIpc) is 3.23. The number of ether oxygens (including phenoxy) is 1. The molecule has 0 unspecified atom stereocenters. The lowest BCUT2D eigenvalue weighted by atomic mass is 9.98. The topological polar surface area (TPSA) is 46.6 Å². The van der Waals surface area contributed by atoms with Crippen molar-refractivity contribution in [2.24, 2.45) is 0 Å². The zero-order valence-electron chi connectivity index (χ0n) is 13.7. The van der Waals surface area contributed by atoms with Crippen molar-refractivity contribution in [3.8, 4) is 11.1 Å². The second-order valence-corrected chi connectivity index (χ2v) is 6.93. The molecule has 1 heterocycles. The highest BCUT2D eigenvalue weighted by atomic mass is 32.1. The van der Waals surface area contributed by atoms with Crippen LogP contribution in [0, 0.1) is 0 Å². The molecule has 0 saturated carbocycles. The van der Waals surface area contributed by atoms with E-state index in [0.717, 1.165) is 6.42 Å². The van der Waals surface area contributed by atoms with Crippen LogP contribution in [-0.4, -0.2) is 35.3 Å². The summed E-state index contributed by atoms with van der Waals surface area (Å²) in [5.41, 5.74) is 4.76. The molecule has 128 valence electrons. The van der Waals surface area contributed by atoms with Gasteiger partial charge in [0.2, 0.25) is 5.12 Å². The maximum atomic E-state index is 12.5. The first-order valence-corrected chi connectivity index (χ1v) is 8.96. The molecule has 2 aromatic rings. The van der Waals surface area contributed by atoms with E-state index in [0.29, 0.717) is 13.0 Å². The van der Waals surface area contributed by atoms with Gasteiger partial charge in [0.15, 0.2) is 0 Å². The molecule has 2 aromatic carbocycles. The Kier molecular flexibility index (Phi) is 4.25. The van der Waals surface area contributed by atoms with Crippen molar-refractivity contribution in [2.45, 2.75) is 24.8 Å². The van der Waals surface area contributed by atoms with Crippen LogP contribution in [0.5, 0.6) is 0 Å². The van der Waals surface area contributed by atoms with Crippen LogP contribution < -0.4 is 0 Å². The Balaban J connectivity index is 1.53. The van der Waals surface area contributed by atoms with Gasteiger partial charge in [0.05, 0.1) is 0 Å². The third-order valence-corrected chi connectivity index (χ3v) is 5.41. The number of fused-ring (bicyclic) bond motifs is 3. The molecule has 2 aliphatic rings. The highest BCUT2D eigenvalue weighted by Gasteiger charge is 2.35. The SMILES string of the molecule is O=C(S)[C@@H]1CCCN1C(=O)OCC1c2ccccc2-c2ccccc21. The Bertz CT molecular complexity index is 790. The van der Waals surface area contributed by atoms with Crippen molar-refractivity contribution in [3.05, 3.63) is 59.7 Å². The van der Waals surface area contributed by atoms with E-state index < -0.39 is 12.1 Å². The quantitative estimate of drug-likeness (QED) is 0.853. The predicted octanol–water partition coefficient (Wildman–Crippen LogP) is 3.86. The second kappa shape index (κ2) is 6.56. The van der Waals surface area contributed by atoms with E-state index in [1.165, 1.54) is 27.2 Å². The van der Waals surface area contributed by atoms with Crippen molar-refractivity contribution in [3.63, 3.8) is 0 Å². The summed E-state index contributed by atoms with van der Waals surface area (Å²) < 4.78 is 5.60. The van der Waals surface area contributed by atoms with Gasteiger partial charge in [-0.05, 0) is 35.1 Å². The predicted molar refractivity (Wildman–Crippen MR) is 98.8 cm³/mol. The van der Waals surface area contributed by atoms with E-state index in [9.17, 15) is 9.59 Å². The van der Waals surface area contributed by atoms with E-state index in [1.807, 2.05) is 24.3 Å². The summed E-state index contributed by atoms with van der Waals surface area (Å²) in [6.45, 7) is 0.824. The van der Waals surface area contributed by atoms with E-state index >= 15 is 0 Å². The molecule has 1 amide bonds. The number of amides is 1. The Labute approximate surface area is 152 Å². The molecule has 1 saturated heterocycles. The number of carbonyl (C=O) groups excluding carboxylic acids is 2. The Morgan fingerprint density at radius 2 is 1.64 bits per heavy atom. The summed E-state index contributed by atoms with van der Waals surface area (Å²) in [6, 6.07) is 16.0. The number of rotatable bonds is 3. The number of hydrogen-bond donors (Lipinski definition) is 1. The third-order valence-electron chi connectivity index (χ3n) is 5.11. The van der Waals surface area contributed by atoms with Gasteiger partial charge in [0.1, 0.15) is 12.6 Å². The first kappa shape index (κ1) is 16.2. The highest BCUT2D eigenvalue weighted by molar-refractivity contribution is 7.96. The molecule has 0 spiro atoms. The number of nitrogens with zero attached hydrogens (tertiary/aromatic N) is 1. The van der Waals surface area contributed by atoms with Crippen LogP contribution in [0.2, 0.25) is 0 Å². The first-order chi connectivity index (χ1) is 12.2. The van der Waals surface area contributed by atoms with Crippen LogP contribution in [0.3, 0.4) is 0 Å². The zero-order valence-corrected chi connectivity index (χ0v) is 14.6. The normalized spacial score (nSPS) is 18.8. The molecule has 1 atom stereocenters. The molecule has 4 rings (SSSR count). The number of hydrogen-bond acceptors (Lipinski definition) is 3. The smallest absolute Gasteiger partial charge is 0.410 e. The first-order valence-electron chi connectivity index (χ1n) is 8.51. The minimum atomic E-state index is -0.459. The lowest BCUT2D eigenvalue weighted by molar-refractivity contribution is -0.114.